The lowest BCUT2D eigenvalue weighted by Gasteiger charge is -2.27. The van der Waals surface area contributed by atoms with Gasteiger partial charge in [0.2, 0.25) is 5.90 Å². The number of rotatable bonds is 5. The third kappa shape index (κ3) is 7.77. The van der Waals surface area contributed by atoms with Crippen molar-refractivity contribution in [3.63, 3.8) is 0 Å². The van der Waals surface area contributed by atoms with Gasteiger partial charge in [-0.05, 0) is 37.9 Å². The van der Waals surface area contributed by atoms with Crippen LogP contribution in [0, 0.1) is 5.92 Å². The van der Waals surface area contributed by atoms with Gasteiger partial charge in [0, 0.05) is 6.08 Å². The van der Waals surface area contributed by atoms with Crippen molar-refractivity contribution in [3.05, 3.63) is 23.8 Å². The number of ether oxygens (including phenoxy) is 2. The highest BCUT2D eigenvalue weighted by Crippen LogP contribution is 2.33. The molecule has 0 bridgehead atoms. The van der Waals surface area contributed by atoms with Crippen molar-refractivity contribution in [1.29, 1.82) is 0 Å². The predicted octanol–water partition coefficient (Wildman–Crippen LogP) is 5.29. The van der Waals surface area contributed by atoms with E-state index in [2.05, 4.69) is 9.73 Å². The van der Waals surface area contributed by atoms with Crippen molar-refractivity contribution in [2.45, 2.75) is 49.6 Å². The smallest absolute Gasteiger partial charge is 0.477 e. The average molecular weight is 417 g/mol. The molecule has 27 heavy (non-hydrogen) atoms. The summed E-state index contributed by atoms with van der Waals surface area (Å²) < 4.78 is 85.5. The van der Waals surface area contributed by atoms with Crippen molar-refractivity contribution in [2.24, 2.45) is 10.9 Å². The minimum atomic E-state index is -4.68. The molecular weight excluding hydrogens is 396 g/mol. The number of halogens is 6. The van der Waals surface area contributed by atoms with Crippen molar-refractivity contribution in [2.75, 3.05) is 19.4 Å². The molecule has 0 aromatic carbocycles. The van der Waals surface area contributed by atoms with Crippen LogP contribution in [-0.2, 0) is 9.47 Å². The van der Waals surface area contributed by atoms with Gasteiger partial charge in [0.15, 0.2) is 0 Å². The Hall–Kier alpha value is -1.16. The van der Waals surface area contributed by atoms with E-state index < -0.39 is 24.2 Å². The monoisotopic (exact) mass is 417 g/mol. The first kappa shape index (κ1) is 22.1. The molecule has 0 aromatic heterocycles. The molecule has 1 atom stereocenters. The normalized spacial score (nSPS) is 28.2. The van der Waals surface area contributed by atoms with Crippen LogP contribution < -0.4 is 0 Å². The fourth-order valence-corrected chi connectivity index (χ4v) is 3.31. The molecule has 0 radical (unpaired) electrons. The van der Waals surface area contributed by atoms with E-state index in [0.29, 0.717) is 26.0 Å². The van der Waals surface area contributed by atoms with E-state index in [1.165, 1.54) is 17.8 Å². The Bertz CT molecular complexity index is 577. The maximum atomic E-state index is 13.2. The van der Waals surface area contributed by atoms with Gasteiger partial charge in [-0.25, -0.2) is 0 Å². The van der Waals surface area contributed by atoms with Crippen LogP contribution in [0.1, 0.15) is 25.7 Å². The van der Waals surface area contributed by atoms with Crippen LogP contribution in [0.5, 0.6) is 0 Å². The van der Waals surface area contributed by atoms with Crippen LogP contribution in [0.15, 0.2) is 28.8 Å². The quantitative estimate of drug-likeness (QED) is 0.450. The second-order valence-corrected chi connectivity index (χ2v) is 7.54. The SMILES string of the molecule is CSC1CN=C(/C=C(/C=C/C2CCC(OC(F)(F)F)CC2)C(F)(F)F)OC1. The fourth-order valence-electron chi connectivity index (χ4n) is 2.88. The number of hydrogen-bond donors (Lipinski definition) is 0. The second kappa shape index (κ2) is 9.36. The molecule has 0 N–H and O–H groups in total. The molecule has 10 heteroatoms. The zero-order valence-electron chi connectivity index (χ0n) is 14.6. The van der Waals surface area contributed by atoms with E-state index in [1.807, 2.05) is 6.26 Å². The van der Waals surface area contributed by atoms with Gasteiger partial charge in [0.1, 0.15) is 6.61 Å². The summed E-state index contributed by atoms with van der Waals surface area (Å²) in [5, 5.41) is 0.126. The number of alkyl halides is 6. The van der Waals surface area contributed by atoms with Crippen LogP contribution in [0.4, 0.5) is 26.3 Å². The number of hydrogen-bond acceptors (Lipinski definition) is 4. The fraction of sp³-hybridized carbons (Fsp3) is 0.706. The molecule has 0 amide bonds. The molecule has 2 rings (SSSR count). The van der Waals surface area contributed by atoms with E-state index in [0.717, 1.165) is 12.2 Å². The number of aliphatic imine (C=N–C) groups is 1. The van der Waals surface area contributed by atoms with E-state index in [1.54, 1.807) is 0 Å². The predicted molar refractivity (Wildman–Crippen MR) is 91.7 cm³/mol. The Morgan fingerprint density at radius 1 is 1.15 bits per heavy atom. The molecule has 0 saturated heterocycles. The zero-order chi connectivity index (χ0) is 20.1. The van der Waals surface area contributed by atoms with Gasteiger partial charge in [0.25, 0.3) is 0 Å². The van der Waals surface area contributed by atoms with E-state index in [4.69, 9.17) is 4.74 Å². The Balaban J connectivity index is 1.97. The second-order valence-electron chi connectivity index (χ2n) is 6.40. The van der Waals surface area contributed by atoms with Crippen LogP contribution in [-0.4, -0.2) is 49.2 Å². The molecule has 3 nitrogen and oxygen atoms in total. The van der Waals surface area contributed by atoms with E-state index in [9.17, 15) is 26.3 Å². The highest BCUT2D eigenvalue weighted by molar-refractivity contribution is 7.99. The van der Waals surface area contributed by atoms with Gasteiger partial charge in [0.05, 0.1) is 23.5 Å². The summed E-state index contributed by atoms with van der Waals surface area (Å²) >= 11 is 1.54. The molecule has 2 aliphatic rings. The highest BCUT2D eigenvalue weighted by Gasteiger charge is 2.36. The lowest BCUT2D eigenvalue weighted by atomic mass is 9.87. The zero-order valence-corrected chi connectivity index (χ0v) is 15.5. The first-order valence-corrected chi connectivity index (χ1v) is 9.77. The summed E-state index contributed by atoms with van der Waals surface area (Å²) in [6, 6.07) is 0. The van der Waals surface area contributed by atoms with Gasteiger partial charge < -0.3 is 4.74 Å². The molecular formula is C17H21F6NO2S. The van der Waals surface area contributed by atoms with Gasteiger partial charge in [-0.1, -0.05) is 12.2 Å². The molecule has 1 heterocycles. The maximum absolute atomic E-state index is 13.2. The number of allylic oxidation sites excluding steroid dienone is 3. The number of thioether (sulfide) groups is 1. The van der Waals surface area contributed by atoms with Crippen LogP contribution in [0.2, 0.25) is 0 Å². The van der Waals surface area contributed by atoms with Crippen molar-refractivity contribution in [3.8, 4) is 0 Å². The Labute approximate surface area is 157 Å². The molecule has 154 valence electrons. The number of nitrogens with zero attached hydrogens (tertiary/aromatic N) is 1. The minimum Gasteiger partial charge on any atom is -0.477 e. The topological polar surface area (TPSA) is 30.8 Å². The largest absolute Gasteiger partial charge is 0.522 e. The lowest BCUT2D eigenvalue weighted by Crippen LogP contribution is -2.27. The van der Waals surface area contributed by atoms with E-state index in [-0.39, 0.29) is 29.9 Å². The van der Waals surface area contributed by atoms with Crippen LogP contribution in [0.3, 0.4) is 0 Å². The molecule has 1 aliphatic carbocycles. The van der Waals surface area contributed by atoms with Gasteiger partial charge in [-0.15, -0.1) is 13.2 Å². The highest BCUT2D eigenvalue weighted by atomic mass is 32.2. The summed E-state index contributed by atoms with van der Waals surface area (Å²) in [7, 11) is 0. The molecule has 1 fully saturated rings. The Morgan fingerprint density at radius 2 is 1.81 bits per heavy atom. The third-order valence-electron chi connectivity index (χ3n) is 4.37. The molecule has 0 aromatic rings. The van der Waals surface area contributed by atoms with Gasteiger partial charge in [-0.2, -0.15) is 24.9 Å². The van der Waals surface area contributed by atoms with Gasteiger partial charge in [-0.3, -0.25) is 9.73 Å². The van der Waals surface area contributed by atoms with E-state index >= 15 is 0 Å². The summed E-state index contributed by atoms with van der Waals surface area (Å²) in [4.78, 5) is 4.01. The molecule has 0 spiro atoms. The summed E-state index contributed by atoms with van der Waals surface area (Å²) in [5.74, 6) is -0.279. The van der Waals surface area contributed by atoms with Crippen molar-refractivity contribution < 1.29 is 35.8 Å². The van der Waals surface area contributed by atoms with Gasteiger partial charge >= 0.3 is 12.5 Å². The summed E-state index contributed by atoms with van der Waals surface area (Å²) in [6.45, 7) is 0.694. The maximum Gasteiger partial charge on any atom is 0.522 e. The first-order valence-electron chi connectivity index (χ1n) is 8.48. The molecule has 1 aliphatic heterocycles. The summed E-state index contributed by atoms with van der Waals surface area (Å²) in [6.07, 6.45) is -4.08. The Morgan fingerprint density at radius 3 is 2.30 bits per heavy atom. The molecule has 1 unspecified atom stereocenters. The van der Waals surface area contributed by atoms with Crippen molar-refractivity contribution in [1.82, 2.24) is 0 Å². The van der Waals surface area contributed by atoms with Crippen LogP contribution >= 0.6 is 11.8 Å². The lowest BCUT2D eigenvalue weighted by molar-refractivity contribution is -0.345. The molecule has 1 saturated carbocycles. The Kier molecular flexibility index (Phi) is 7.67. The summed E-state index contributed by atoms with van der Waals surface area (Å²) in [5.41, 5.74) is -0.891. The average Bonchev–Trinajstić information content (AvgIpc) is 2.58. The first-order chi connectivity index (χ1) is 12.6. The van der Waals surface area contributed by atoms with Crippen LogP contribution in [0.25, 0.3) is 0 Å². The minimum absolute atomic E-state index is 0.0560. The standard InChI is InChI=1S/C17H21F6NO2S/c1-27-14-9-24-15(25-10-14)8-12(16(18,19)20)5-2-11-3-6-13(7-4-11)26-17(21,22)23/h2,5,8,11,13-14H,3-4,6-7,9-10H2,1H3/b5-2+,12-8-. The third-order valence-corrected chi connectivity index (χ3v) is 5.33. The van der Waals surface area contributed by atoms with Crippen molar-refractivity contribution >= 4 is 17.7 Å².